The van der Waals surface area contributed by atoms with E-state index in [1.807, 2.05) is 13.8 Å². The van der Waals surface area contributed by atoms with Gasteiger partial charge in [0.05, 0.1) is 0 Å². The minimum atomic E-state index is -0.402. The zero-order valence-electron chi connectivity index (χ0n) is 12.1. The lowest BCUT2D eigenvalue weighted by molar-refractivity contribution is 0.517. The first-order chi connectivity index (χ1) is 9.51. The number of nitrogens with two attached hydrogens (primary N) is 1. The van der Waals surface area contributed by atoms with Gasteiger partial charge in [-0.3, -0.25) is 14.3 Å². The Morgan fingerprint density at radius 1 is 1.40 bits per heavy atom. The van der Waals surface area contributed by atoms with E-state index in [2.05, 4.69) is 9.97 Å². The van der Waals surface area contributed by atoms with E-state index in [1.165, 1.54) is 0 Å². The van der Waals surface area contributed by atoms with E-state index in [0.29, 0.717) is 24.1 Å². The molecule has 2 rings (SSSR count). The number of aromatic nitrogens is 4. The van der Waals surface area contributed by atoms with Crippen LogP contribution >= 0.6 is 0 Å². The highest BCUT2D eigenvalue weighted by Gasteiger charge is 2.18. The van der Waals surface area contributed by atoms with Crippen LogP contribution in [0.4, 0.5) is 0 Å². The molecule has 0 aliphatic heterocycles. The van der Waals surface area contributed by atoms with Crippen molar-refractivity contribution in [2.45, 2.75) is 39.2 Å². The molecule has 3 N–H and O–H groups in total. The van der Waals surface area contributed by atoms with Crippen molar-refractivity contribution in [1.29, 1.82) is 0 Å². The lowest BCUT2D eigenvalue weighted by Crippen LogP contribution is -2.32. The molecular formula is C13H21N5O2. The number of hydrogen-bond acceptors (Lipinski definition) is 4. The minimum Gasteiger partial charge on any atom is -0.330 e. The Bertz CT molecular complexity index is 725. The summed E-state index contributed by atoms with van der Waals surface area (Å²) in [7, 11) is 1.79. The number of rotatable bonds is 5. The third-order valence-corrected chi connectivity index (χ3v) is 3.69. The highest BCUT2D eigenvalue weighted by Crippen LogP contribution is 2.16. The highest BCUT2D eigenvalue weighted by atomic mass is 16.2. The molecule has 2 aromatic heterocycles. The second-order valence-electron chi connectivity index (χ2n) is 5.04. The van der Waals surface area contributed by atoms with Crippen LogP contribution in [0.5, 0.6) is 0 Å². The average Bonchev–Trinajstić information content (AvgIpc) is 2.73. The molecule has 2 heterocycles. The maximum atomic E-state index is 12.0. The number of nitrogens with zero attached hydrogens (tertiary/aromatic N) is 3. The quantitative estimate of drug-likeness (QED) is 0.821. The Morgan fingerprint density at radius 3 is 2.70 bits per heavy atom. The van der Waals surface area contributed by atoms with Crippen molar-refractivity contribution in [1.82, 2.24) is 19.1 Å². The van der Waals surface area contributed by atoms with Crippen LogP contribution < -0.4 is 17.0 Å². The van der Waals surface area contributed by atoms with Crippen molar-refractivity contribution < 1.29 is 0 Å². The second kappa shape index (κ2) is 5.62. The lowest BCUT2D eigenvalue weighted by Gasteiger charge is -2.12. The third kappa shape index (κ3) is 2.29. The predicted octanol–water partition coefficient (Wildman–Crippen LogP) is 0.286. The smallest absolute Gasteiger partial charge is 0.330 e. The molecule has 0 bridgehead atoms. The first kappa shape index (κ1) is 14.5. The van der Waals surface area contributed by atoms with Gasteiger partial charge in [-0.2, -0.15) is 0 Å². The van der Waals surface area contributed by atoms with Gasteiger partial charge in [-0.1, -0.05) is 6.92 Å². The van der Waals surface area contributed by atoms with Crippen LogP contribution in [-0.4, -0.2) is 25.6 Å². The van der Waals surface area contributed by atoms with Crippen LogP contribution in [0.15, 0.2) is 9.59 Å². The Balaban J connectivity index is 2.75. The zero-order chi connectivity index (χ0) is 14.9. The van der Waals surface area contributed by atoms with Crippen molar-refractivity contribution in [3.8, 4) is 0 Å². The third-order valence-electron chi connectivity index (χ3n) is 3.69. The topological polar surface area (TPSA) is 98.7 Å². The molecule has 0 amide bonds. The van der Waals surface area contributed by atoms with Crippen molar-refractivity contribution in [3.05, 3.63) is 26.7 Å². The van der Waals surface area contributed by atoms with Gasteiger partial charge in [0.15, 0.2) is 11.2 Å². The summed E-state index contributed by atoms with van der Waals surface area (Å²) in [5.41, 5.74) is 5.62. The molecule has 7 heteroatoms. The van der Waals surface area contributed by atoms with Gasteiger partial charge in [0, 0.05) is 19.5 Å². The molecule has 0 aromatic carbocycles. The van der Waals surface area contributed by atoms with E-state index >= 15 is 0 Å². The summed E-state index contributed by atoms with van der Waals surface area (Å²) >= 11 is 0. The van der Waals surface area contributed by atoms with E-state index in [-0.39, 0.29) is 6.04 Å². The summed E-state index contributed by atoms with van der Waals surface area (Å²) in [6, 6.07) is -0.0147. The zero-order valence-corrected chi connectivity index (χ0v) is 12.1. The standard InChI is InChI=1S/C13H21N5O2/c1-4-8(2)18-11-10(12(19)16-13(18)20)17(3)9(15-11)6-5-7-14/h8H,4-7,14H2,1-3H3,(H,16,19,20). The highest BCUT2D eigenvalue weighted by molar-refractivity contribution is 5.71. The summed E-state index contributed by atoms with van der Waals surface area (Å²) in [4.78, 5) is 30.9. The summed E-state index contributed by atoms with van der Waals surface area (Å²) < 4.78 is 3.31. The molecule has 1 unspecified atom stereocenters. The van der Waals surface area contributed by atoms with Crippen LogP contribution in [0.2, 0.25) is 0 Å². The number of H-pyrrole nitrogens is 1. The van der Waals surface area contributed by atoms with Crippen LogP contribution in [-0.2, 0) is 13.5 Å². The fourth-order valence-corrected chi connectivity index (χ4v) is 2.34. The monoisotopic (exact) mass is 279 g/mol. The van der Waals surface area contributed by atoms with Gasteiger partial charge in [-0.05, 0) is 26.3 Å². The van der Waals surface area contributed by atoms with E-state index in [0.717, 1.165) is 18.7 Å². The van der Waals surface area contributed by atoms with Gasteiger partial charge in [0.1, 0.15) is 5.82 Å². The van der Waals surface area contributed by atoms with Crippen LogP contribution in [0.3, 0.4) is 0 Å². The van der Waals surface area contributed by atoms with Crippen LogP contribution in [0, 0.1) is 0 Å². The van der Waals surface area contributed by atoms with E-state index in [9.17, 15) is 9.59 Å². The molecule has 0 spiro atoms. The Morgan fingerprint density at radius 2 is 2.10 bits per heavy atom. The molecule has 110 valence electrons. The number of fused-ring (bicyclic) bond motifs is 1. The minimum absolute atomic E-state index is 0.0147. The molecular weight excluding hydrogens is 258 g/mol. The molecule has 7 nitrogen and oxygen atoms in total. The first-order valence-corrected chi connectivity index (χ1v) is 6.91. The molecule has 20 heavy (non-hydrogen) atoms. The largest absolute Gasteiger partial charge is 0.330 e. The number of aromatic amines is 1. The normalized spacial score (nSPS) is 13.0. The number of aryl methyl sites for hydroxylation is 2. The Kier molecular flexibility index (Phi) is 4.08. The first-order valence-electron chi connectivity index (χ1n) is 6.91. The van der Waals surface area contributed by atoms with Crippen LogP contribution in [0.1, 0.15) is 38.6 Å². The molecule has 0 aliphatic carbocycles. The lowest BCUT2D eigenvalue weighted by atomic mass is 10.2. The summed E-state index contributed by atoms with van der Waals surface area (Å²) in [6.45, 7) is 4.50. The Hall–Kier alpha value is -1.89. The molecule has 0 fully saturated rings. The average molecular weight is 279 g/mol. The molecule has 0 saturated carbocycles. The van der Waals surface area contributed by atoms with Crippen molar-refractivity contribution in [2.75, 3.05) is 6.54 Å². The van der Waals surface area contributed by atoms with Gasteiger partial charge in [-0.25, -0.2) is 9.78 Å². The molecule has 2 aromatic rings. The predicted molar refractivity (Wildman–Crippen MR) is 78.0 cm³/mol. The van der Waals surface area contributed by atoms with E-state index in [4.69, 9.17) is 5.73 Å². The molecule has 0 saturated heterocycles. The fraction of sp³-hybridized carbons (Fsp3) is 0.615. The van der Waals surface area contributed by atoms with Gasteiger partial charge >= 0.3 is 5.69 Å². The Labute approximate surface area is 116 Å². The summed E-state index contributed by atoms with van der Waals surface area (Å²) in [5.74, 6) is 0.776. The van der Waals surface area contributed by atoms with E-state index in [1.54, 1.807) is 16.2 Å². The second-order valence-corrected chi connectivity index (χ2v) is 5.04. The maximum Gasteiger partial charge on any atom is 0.330 e. The van der Waals surface area contributed by atoms with E-state index < -0.39 is 11.2 Å². The van der Waals surface area contributed by atoms with Gasteiger partial charge < -0.3 is 10.3 Å². The summed E-state index contributed by atoms with van der Waals surface area (Å²) in [5, 5.41) is 0. The number of nitrogens with one attached hydrogen (secondary N) is 1. The molecule has 0 radical (unpaired) electrons. The molecule has 1 atom stereocenters. The maximum absolute atomic E-state index is 12.0. The van der Waals surface area contributed by atoms with Crippen LogP contribution in [0.25, 0.3) is 11.2 Å². The van der Waals surface area contributed by atoms with Crippen molar-refractivity contribution in [2.24, 2.45) is 12.8 Å². The van der Waals surface area contributed by atoms with Gasteiger partial charge in [0.25, 0.3) is 5.56 Å². The van der Waals surface area contributed by atoms with Crippen molar-refractivity contribution in [3.63, 3.8) is 0 Å². The number of hydrogen-bond donors (Lipinski definition) is 2. The SMILES string of the molecule is CCC(C)n1c(=O)[nH]c(=O)c2c1nc(CCCN)n2C. The number of imidazole rings is 1. The molecule has 0 aliphatic rings. The summed E-state index contributed by atoms with van der Waals surface area (Å²) in [6.07, 6.45) is 2.27. The van der Waals surface area contributed by atoms with Gasteiger partial charge in [-0.15, -0.1) is 0 Å². The fourth-order valence-electron chi connectivity index (χ4n) is 2.34. The van der Waals surface area contributed by atoms with Gasteiger partial charge in [0.2, 0.25) is 0 Å². The van der Waals surface area contributed by atoms with Crippen molar-refractivity contribution >= 4 is 11.2 Å².